The fraction of sp³-hybridized carbons (Fsp3) is 0.526. The van der Waals surface area contributed by atoms with Crippen molar-refractivity contribution in [1.29, 1.82) is 0 Å². The first kappa shape index (κ1) is 17.5. The fourth-order valence-electron chi connectivity index (χ4n) is 3.74. The molecular weight excluding hydrogens is 350 g/mol. The summed E-state index contributed by atoms with van der Waals surface area (Å²) in [4.78, 5) is 32.1. The van der Waals surface area contributed by atoms with Gasteiger partial charge < -0.3 is 9.64 Å². The summed E-state index contributed by atoms with van der Waals surface area (Å²) in [6.45, 7) is 2.47. The average Bonchev–Trinajstić information content (AvgIpc) is 3.21. The van der Waals surface area contributed by atoms with Crippen LogP contribution < -0.4 is 5.56 Å². The van der Waals surface area contributed by atoms with Gasteiger partial charge in [-0.05, 0) is 25.0 Å². The lowest BCUT2D eigenvalue weighted by molar-refractivity contribution is -0.132. The number of benzene rings is 1. The number of carbonyl (C=O) groups is 1. The highest BCUT2D eigenvalue weighted by atomic mass is 32.2. The van der Waals surface area contributed by atoms with E-state index in [4.69, 9.17) is 9.72 Å². The predicted octanol–water partition coefficient (Wildman–Crippen LogP) is 2.46. The van der Waals surface area contributed by atoms with Crippen LogP contribution in [0.25, 0.3) is 10.9 Å². The second-order valence-corrected chi connectivity index (χ2v) is 7.75. The Labute approximate surface area is 156 Å². The number of carbonyl (C=O) groups excluding carboxylic acids is 1. The number of thioether (sulfide) groups is 1. The van der Waals surface area contributed by atoms with E-state index >= 15 is 0 Å². The molecule has 26 heavy (non-hydrogen) atoms. The molecule has 1 aromatic heterocycles. The van der Waals surface area contributed by atoms with E-state index in [0.29, 0.717) is 48.1 Å². The number of amides is 1. The third kappa shape index (κ3) is 3.50. The van der Waals surface area contributed by atoms with Crippen molar-refractivity contribution in [3.05, 3.63) is 34.6 Å². The molecule has 1 amide bonds. The number of hydrogen-bond donors (Lipinski definition) is 0. The van der Waals surface area contributed by atoms with Crippen molar-refractivity contribution in [3.8, 4) is 0 Å². The van der Waals surface area contributed by atoms with Crippen molar-refractivity contribution < 1.29 is 9.53 Å². The summed E-state index contributed by atoms with van der Waals surface area (Å²) in [5, 5.41) is 1.32. The molecule has 2 heterocycles. The van der Waals surface area contributed by atoms with Crippen LogP contribution in [0.2, 0.25) is 0 Å². The maximum atomic E-state index is 13.1. The van der Waals surface area contributed by atoms with Crippen molar-refractivity contribution in [1.82, 2.24) is 14.5 Å². The van der Waals surface area contributed by atoms with Gasteiger partial charge in [-0.15, -0.1) is 0 Å². The summed E-state index contributed by atoms with van der Waals surface area (Å²) in [6.07, 6.45) is 4.29. The number of morpholine rings is 1. The van der Waals surface area contributed by atoms with Crippen LogP contribution in [0, 0.1) is 0 Å². The van der Waals surface area contributed by atoms with Gasteiger partial charge in [-0.25, -0.2) is 4.98 Å². The molecule has 0 N–H and O–H groups in total. The van der Waals surface area contributed by atoms with Crippen LogP contribution in [0.5, 0.6) is 0 Å². The maximum absolute atomic E-state index is 13.1. The van der Waals surface area contributed by atoms with Gasteiger partial charge in [0.1, 0.15) is 0 Å². The first-order chi connectivity index (χ1) is 12.7. The van der Waals surface area contributed by atoms with E-state index in [-0.39, 0.29) is 17.5 Å². The normalized spacial score (nSPS) is 18.5. The maximum Gasteiger partial charge on any atom is 0.262 e. The summed E-state index contributed by atoms with van der Waals surface area (Å²) in [5.74, 6) is 0.385. The second-order valence-electron chi connectivity index (χ2n) is 6.81. The smallest absolute Gasteiger partial charge is 0.262 e. The molecule has 2 fully saturated rings. The average molecular weight is 373 g/mol. The minimum absolute atomic E-state index is 0.0174. The van der Waals surface area contributed by atoms with Crippen LogP contribution in [0.3, 0.4) is 0 Å². The molecular formula is C19H23N3O3S. The Morgan fingerprint density at radius 2 is 1.92 bits per heavy atom. The number of rotatable bonds is 4. The summed E-state index contributed by atoms with van der Waals surface area (Å²) < 4.78 is 7.14. The number of nitrogens with zero attached hydrogens (tertiary/aromatic N) is 3. The molecule has 2 aromatic rings. The Hall–Kier alpha value is -1.86. The van der Waals surface area contributed by atoms with E-state index in [1.165, 1.54) is 11.8 Å². The molecule has 0 radical (unpaired) electrons. The van der Waals surface area contributed by atoms with Gasteiger partial charge in [-0.1, -0.05) is 36.7 Å². The SMILES string of the molecule is O=C(CSc1nc2ccccc2c(=O)n1C1CCCC1)N1CCOCC1. The zero-order chi connectivity index (χ0) is 17.9. The van der Waals surface area contributed by atoms with E-state index in [0.717, 1.165) is 25.7 Å². The van der Waals surface area contributed by atoms with Crippen LogP contribution >= 0.6 is 11.8 Å². The number of para-hydroxylation sites is 1. The Kier molecular flexibility index (Phi) is 5.26. The van der Waals surface area contributed by atoms with E-state index in [1.54, 1.807) is 0 Å². The number of fused-ring (bicyclic) bond motifs is 1. The van der Waals surface area contributed by atoms with Crippen LogP contribution in [0.15, 0.2) is 34.2 Å². The molecule has 1 aliphatic heterocycles. The molecule has 1 aliphatic carbocycles. The molecule has 0 unspecified atom stereocenters. The Morgan fingerprint density at radius 3 is 2.69 bits per heavy atom. The van der Waals surface area contributed by atoms with E-state index in [1.807, 2.05) is 33.7 Å². The van der Waals surface area contributed by atoms with E-state index in [9.17, 15) is 9.59 Å². The van der Waals surface area contributed by atoms with Crippen molar-refractivity contribution in [3.63, 3.8) is 0 Å². The van der Waals surface area contributed by atoms with E-state index < -0.39 is 0 Å². The summed E-state index contributed by atoms with van der Waals surface area (Å²) in [5.41, 5.74) is 0.719. The topological polar surface area (TPSA) is 64.4 Å². The number of aromatic nitrogens is 2. The zero-order valence-corrected chi connectivity index (χ0v) is 15.5. The molecule has 1 saturated heterocycles. The number of hydrogen-bond acceptors (Lipinski definition) is 5. The van der Waals surface area contributed by atoms with Gasteiger partial charge in [-0.2, -0.15) is 0 Å². The Bertz CT molecular complexity index is 855. The van der Waals surface area contributed by atoms with Gasteiger partial charge in [0.25, 0.3) is 5.56 Å². The summed E-state index contributed by atoms with van der Waals surface area (Å²) >= 11 is 1.38. The minimum atomic E-state index is 0.0174. The third-order valence-corrected chi connectivity index (χ3v) is 6.09. The lowest BCUT2D eigenvalue weighted by Gasteiger charge is -2.27. The van der Waals surface area contributed by atoms with Crippen molar-refractivity contribution >= 4 is 28.6 Å². The van der Waals surface area contributed by atoms with Crippen LogP contribution in [-0.4, -0.2) is 52.4 Å². The Balaban J connectivity index is 1.63. The minimum Gasteiger partial charge on any atom is -0.378 e. The molecule has 4 rings (SSSR count). The largest absolute Gasteiger partial charge is 0.378 e. The Morgan fingerprint density at radius 1 is 1.19 bits per heavy atom. The molecule has 7 heteroatoms. The molecule has 1 saturated carbocycles. The standard InChI is InChI=1S/C19H23N3O3S/c23-17(21-9-11-25-12-10-21)13-26-19-20-16-8-4-3-7-15(16)18(24)22(19)14-5-1-2-6-14/h3-4,7-8,14H,1-2,5-6,9-13H2. The highest BCUT2D eigenvalue weighted by Crippen LogP contribution is 2.32. The first-order valence-electron chi connectivity index (χ1n) is 9.23. The van der Waals surface area contributed by atoms with Crippen LogP contribution in [0.4, 0.5) is 0 Å². The van der Waals surface area contributed by atoms with Gasteiger partial charge in [0.2, 0.25) is 5.91 Å². The summed E-state index contributed by atoms with van der Waals surface area (Å²) in [7, 11) is 0. The second kappa shape index (κ2) is 7.80. The van der Waals surface area contributed by atoms with Gasteiger partial charge in [0, 0.05) is 19.1 Å². The molecule has 0 bridgehead atoms. The molecule has 1 aromatic carbocycles. The predicted molar refractivity (Wildman–Crippen MR) is 102 cm³/mol. The lowest BCUT2D eigenvalue weighted by Crippen LogP contribution is -2.41. The highest BCUT2D eigenvalue weighted by molar-refractivity contribution is 7.99. The molecule has 0 atom stereocenters. The molecule has 0 spiro atoms. The molecule has 138 valence electrons. The lowest BCUT2D eigenvalue weighted by atomic mass is 10.2. The van der Waals surface area contributed by atoms with Gasteiger partial charge in [0.05, 0.1) is 29.9 Å². The molecule has 2 aliphatic rings. The summed E-state index contributed by atoms with van der Waals surface area (Å²) in [6, 6.07) is 7.66. The van der Waals surface area contributed by atoms with E-state index in [2.05, 4.69) is 0 Å². The number of ether oxygens (including phenoxy) is 1. The third-order valence-electron chi connectivity index (χ3n) is 5.15. The van der Waals surface area contributed by atoms with Crippen molar-refractivity contribution in [2.75, 3.05) is 32.1 Å². The molecule has 6 nitrogen and oxygen atoms in total. The van der Waals surface area contributed by atoms with Gasteiger partial charge >= 0.3 is 0 Å². The highest BCUT2D eigenvalue weighted by Gasteiger charge is 2.24. The monoisotopic (exact) mass is 373 g/mol. The van der Waals surface area contributed by atoms with Crippen molar-refractivity contribution in [2.24, 2.45) is 0 Å². The quantitative estimate of drug-likeness (QED) is 0.608. The van der Waals surface area contributed by atoms with Crippen LogP contribution in [0.1, 0.15) is 31.7 Å². The fourth-order valence-corrected chi connectivity index (χ4v) is 4.71. The van der Waals surface area contributed by atoms with Crippen molar-refractivity contribution in [2.45, 2.75) is 36.9 Å². The van der Waals surface area contributed by atoms with Crippen LogP contribution in [-0.2, 0) is 9.53 Å². The first-order valence-corrected chi connectivity index (χ1v) is 10.2. The van der Waals surface area contributed by atoms with Gasteiger partial charge in [0.15, 0.2) is 5.16 Å². The zero-order valence-electron chi connectivity index (χ0n) is 14.7. The van der Waals surface area contributed by atoms with Gasteiger partial charge in [-0.3, -0.25) is 14.2 Å².